The fraction of sp³-hybridized carbons (Fsp3) is 0.647. The molecule has 1 aromatic rings. The summed E-state index contributed by atoms with van der Waals surface area (Å²) >= 11 is 0. The average Bonchev–Trinajstić information content (AvgIpc) is 2.40. The third kappa shape index (κ3) is 5.14. The van der Waals surface area contributed by atoms with Crippen LogP contribution in [0.2, 0.25) is 0 Å². The van der Waals surface area contributed by atoms with Gasteiger partial charge in [0.1, 0.15) is 0 Å². The summed E-state index contributed by atoms with van der Waals surface area (Å²) in [4.78, 5) is 2.18. The van der Waals surface area contributed by atoms with Crippen molar-refractivity contribution in [1.82, 2.24) is 0 Å². The van der Waals surface area contributed by atoms with E-state index in [2.05, 4.69) is 63.3 Å². The Balaban J connectivity index is 2.59. The second-order valence-electron chi connectivity index (χ2n) is 5.69. The smallest absolute Gasteiger partial charge is 0.0411 e. The molecule has 0 saturated heterocycles. The van der Waals surface area contributed by atoms with E-state index in [4.69, 9.17) is 0 Å². The standard InChI is InChI=1S/C17H30N2/c1-6-8-9-15(7-2)13-18-16-11-10-14(3)17(12-16)19(4)5/h10-12,15,18H,6-9,13H2,1-5H3. The van der Waals surface area contributed by atoms with Crippen LogP contribution < -0.4 is 10.2 Å². The van der Waals surface area contributed by atoms with Crippen molar-refractivity contribution in [1.29, 1.82) is 0 Å². The lowest BCUT2D eigenvalue weighted by Crippen LogP contribution is -2.15. The Morgan fingerprint density at radius 2 is 1.95 bits per heavy atom. The number of nitrogens with one attached hydrogen (secondary N) is 1. The van der Waals surface area contributed by atoms with Crippen molar-refractivity contribution in [2.75, 3.05) is 30.9 Å². The van der Waals surface area contributed by atoms with Gasteiger partial charge in [0.15, 0.2) is 0 Å². The normalized spacial score (nSPS) is 12.3. The summed E-state index contributed by atoms with van der Waals surface area (Å²) in [5.41, 5.74) is 3.87. The molecule has 2 heteroatoms. The zero-order valence-corrected chi connectivity index (χ0v) is 13.3. The van der Waals surface area contributed by atoms with E-state index in [1.54, 1.807) is 0 Å². The zero-order chi connectivity index (χ0) is 14.3. The largest absolute Gasteiger partial charge is 0.385 e. The average molecular weight is 262 g/mol. The SMILES string of the molecule is CCCCC(CC)CNc1ccc(C)c(N(C)C)c1. The van der Waals surface area contributed by atoms with E-state index in [-0.39, 0.29) is 0 Å². The quantitative estimate of drug-likeness (QED) is 0.731. The second kappa shape index (κ2) is 8.08. The molecule has 0 amide bonds. The van der Waals surface area contributed by atoms with Crippen LogP contribution in [0.3, 0.4) is 0 Å². The molecule has 0 aliphatic heterocycles. The molecule has 19 heavy (non-hydrogen) atoms. The van der Waals surface area contributed by atoms with Gasteiger partial charge in [-0.25, -0.2) is 0 Å². The molecule has 0 aliphatic carbocycles. The number of rotatable bonds is 8. The van der Waals surface area contributed by atoms with Crippen LogP contribution in [0.1, 0.15) is 45.1 Å². The van der Waals surface area contributed by atoms with Gasteiger partial charge < -0.3 is 10.2 Å². The molecule has 0 spiro atoms. The van der Waals surface area contributed by atoms with Gasteiger partial charge in [-0.15, -0.1) is 0 Å². The number of hydrogen-bond acceptors (Lipinski definition) is 2. The van der Waals surface area contributed by atoms with Crippen LogP contribution >= 0.6 is 0 Å². The van der Waals surface area contributed by atoms with E-state index in [1.165, 1.54) is 42.6 Å². The highest BCUT2D eigenvalue weighted by atomic mass is 15.1. The number of hydrogen-bond donors (Lipinski definition) is 1. The third-order valence-corrected chi connectivity index (χ3v) is 3.83. The first kappa shape index (κ1) is 15.9. The van der Waals surface area contributed by atoms with Crippen molar-refractivity contribution in [3.63, 3.8) is 0 Å². The van der Waals surface area contributed by atoms with Crippen LogP contribution in [-0.2, 0) is 0 Å². The van der Waals surface area contributed by atoms with E-state index in [0.717, 1.165) is 12.5 Å². The molecule has 1 N–H and O–H groups in total. The molecule has 1 rings (SSSR count). The maximum absolute atomic E-state index is 3.60. The molecule has 1 atom stereocenters. The van der Waals surface area contributed by atoms with Crippen LogP contribution in [0.4, 0.5) is 11.4 Å². The predicted octanol–water partition coefficient (Wildman–Crippen LogP) is 4.69. The van der Waals surface area contributed by atoms with Gasteiger partial charge in [-0.3, -0.25) is 0 Å². The number of nitrogens with zero attached hydrogens (tertiary/aromatic N) is 1. The lowest BCUT2D eigenvalue weighted by Gasteiger charge is -2.19. The minimum atomic E-state index is 0.795. The van der Waals surface area contributed by atoms with Gasteiger partial charge >= 0.3 is 0 Å². The van der Waals surface area contributed by atoms with Gasteiger partial charge in [-0.2, -0.15) is 0 Å². The van der Waals surface area contributed by atoms with Crippen molar-refractivity contribution in [2.24, 2.45) is 5.92 Å². The number of benzene rings is 1. The number of aryl methyl sites for hydroxylation is 1. The van der Waals surface area contributed by atoms with Crippen molar-refractivity contribution < 1.29 is 0 Å². The van der Waals surface area contributed by atoms with Crippen LogP contribution in [0.25, 0.3) is 0 Å². The lowest BCUT2D eigenvalue weighted by molar-refractivity contribution is 0.473. The van der Waals surface area contributed by atoms with Gasteiger partial charge in [-0.05, 0) is 37.0 Å². The summed E-state index contributed by atoms with van der Waals surface area (Å²) in [6.45, 7) is 7.81. The highest BCUT2D eigenvalue weighted by molar-refractivity contribution is 5.61. The Morgan fingerprint density at radius 3 is 2.53 bits per heavy atom. The molecule has 0 radical (unpaired) electrons. The van der Waals surface area contributed by atoms with Crippen LogP contribution in [0.15, 0.2) is 18.2 Å². The Morgan fingerprint density at radius 1 is 1.21 bits per heavy atom. The van der Waals surface area contributed by atoms with Gasteiger partial charge in [0.05, 0.1) is 0 Å². The van der Waals surface area contributed by atoms with E-state index < -0.39 is 0 Å². The van der Waals surface area contributed by atoms with E-state index in [1.807, 2.05) is 0 Å². The maximum atomic E-state index is 3.60. The molecular weight excluding hydrogens is 232 g/mol. The molecule has 0 aliphatic rings. The molecule has 0 bridgehead atoms. The third-order valence-electron chi connectivity index (χ3n) is 3.83. The van der Waals surface area contributed by atoms with Crippen molar-refractivity contribution in [3.05, 3.63) is 23.8 Å². The van der Waals surface area contributed by atoms with Crippen molar-refractivity contribution in [3.8, 4) is 0 Å². The highest BCUT2D eigenvalue weighted by Crippen LogP contribution is 2.23. The zero-order valence-electron chi connectivity index (χ0n) is 13.3. The van der Waals surface area contributed by atoms with Crippen LogP contribution in [-0.4, -0.2) is 20.6 Å². The molecular formula is C17H30N2. The topological polar surface area (TPSA) is 15.3 Å². The summed E-state index contributed by atoms with van der Waals surface area (Å²) < 4.78 is 0. The summed E-state index contributed by atoms with van der Waals surface area (Å²) in [5, 5.41) is 3.60. The van der Waals surface area contributed by atoms with Crippen molar-refractivity contribution in [2.45, 2.75) is 46.5 Å². The minimum absolute atomic E-state index is 0.795. The van der Waals surface area contributed by atoms with Gasteiger partial charge in [0.25, 0.3) is 0 Å². The first-order valence-corrected chi connectivity index (χ1v) is 7.60. The van der Waals surface area contributed by atoms with Gasteiger partial charge in [-0.1, -0.05) is 39.2 Å². The van der Waals surface area contributed by atoms with Crippen LogP contribution in [0.5, 0.6) is 0 Å². The Bertz CT molecular complexity index is 372. The van der Waals surface area contributed by atoms with E-state index in [9.17, 15) is 0 Å². The fourth-order valence-corrected chi connectivity index (χ4v) is 2.41. The summed E-state index contributed by atoms with van der Waals surface area (Å²) in [6, 6.07) is 6.64. The number of anilines is 2. The summed E-state index contributed by atoms with van der Waals surface area (Å²) in [5.74, 6) is 0.795. The van der Waals surface area contributed by atoms with Gasteiger partial charge in [0.2, 0.25) is 0 Å². The van der Waals surface area contributed by atoms with Crippen LogP contribution in [0, 0.1) is 12.8 Å². The molecule has 108 valence electrons. The van der Waals surface area contributed by atoms with E-state index >= 15 is 0 Å². The molecule has 2 nitrogen and oxygen atoms in total. The molecule has 1 aromatic carbocycles. The highest BCUT2D eigenvalue weighted by Gasteiger charge is 2.07. The Labute approximate surface area is 119 Å². The summed E-state index contributed by atoms with van der Waals surface area (Å²) in [6.07, 6.45) is 5.24. The molecule has 0 aromatic heterocycles. The lowest BCUT2D eigenvalue weighted by atomic mass is 9.99. The fourth-order valence-electron chi connectivity index (χ4n) is 2.41. The number of unbranched alkanes of at least 4 members (excludes halogenated alkanes) is 1. The first-order valence-electron chi connectivity index (χ1n) is 7.60. The second-order valence-corrected chi connectivity index (χ2v) is 5.69. The molecule has 0 heterocycles. The molecule has 0 saturated carbocycles. The predicted molar refractivity (Wildman–Crippen MR) is 87.3 cm³/mol. The van der Waals surface area contributed by atoms with Gasteiger partial charge in [0, 0.05) is 32.0 Å². The Kier molecular flexibility index (Phi) is 6.75. The maximum Gasteiger partial charge on any atom is 0.0411 e. The monoisotopic (exact) mass is 262 g/mol. The molecule has 1 unspecified atom stereocenters. The minimum Gasteiger partial charge on any atom is -0.385 e. The Hall–Kier alpha value is -1.18. The summed E-state index contributed by atoms with van der Waals surface area (Å²) in [7, 11) is 4.20. The molecule has 0 fully saturated rings. The first-order chi connectivity index (χ1) is 9.08. The van der Waals surface area contributed by atoms with Crippen molar-refractivity contribution >= 4 is 11.4 Å². The van der Waals surface area contributed by atoms with E-state index in [0.29, 0.717) is 0 Å².